The molecule has 76 valence electrons. The number of amides is 1. The van der Waals surface area contributed by atoms with Crippen LogP contribution in [0.15, 0.2) is 24.3 Å². The Balaban J connectivity index is 2.58. The van der Waals surface area contributed by atoms with Gasteiger partial charge in [-0.3, -0.25) is 4.79 Å². The van der Waals surface area contributed by atoms with Crippen molar-refractivity contribution in [3.8, 4) is 0 Å². The zero-order valence-electron chi connectivity index (χ0n) is 8.32. The molecule has 14 heavy (non-hydrogen) atoms. The number of rotatable bonds is 5. The lowest BCUT2D eigenvalue weighted by atomic mass is 10.1. The third-order valence-corrected chi connectivity index (χ3v) is 1.96. The van der Waals surface area contributed by atoms with Gasteiger partial charge in [0.15, 0.2) is 0 Å². The van der Waals surface area contributed by atoms with Crippen molar-refractivity contribution in [2.24, 2.45) is 5.73 Å². The second-order valence-corrected chi connectivity index (χ2v) is 3.22. The summed E-state index contributed by atoms with van der Waals surface area (Å²) in [5, 5.41) is 0. The van der Waals surface area contributed by atoms with Gasteiger partial charge in [0.25, 0.3) is 0 Å². The molecule has 2 N–H and O–H groups in total. The van der Waals surface area contributed by atoms with Gasteiger partial charge in [-0.1, -0.05) is 24.3 Å². The fourth-order valence-corrected chi connectivity index (χ4v) is 1.31. The van der Waals surface area contributed by atoms with Gasteiger partial charge in [0.2, 0.25) is 5.91 Å². The maximum atomic E-state index is 10.6. The van der Waals surface area contributed by atoms with E-state index < -0.39 is 0 Å². The van der Waals surface area contributed by atoms with E-state index in [1.54, 1.807) is 7.11 Å². The molecule has 3 nitrogen and oxygen atoms in total. The highest BCUT2D eigenvalue weighted by Crippen LogP contribution is 2.08. The highest BCUT2D eigenvalue weighted by atomic mass is 16.5. The Hall–Kier alpha value is -1.35. The Morgan fingerprint density at radius 1 is 1.43 bits per heavy atom. The molecule has 0 aliphatic heterocycles. The third kappa shape index (κ3) is 3.58. The Morgan fingerprint density at radius 3 is 2.79 bits per heavy atom. The maximum absolute atomic E-state index is 10.6. The molecular formula is C11H15NO2. The molecule has 0 radical (unpaired) electrons. The predicted octanol–water partition coefficient (Wildman–Crippen LogP) is 1.25. The minimum Gasteiger partial charge on any atom is -0.380 e. The van der Waals surface area contributed by atoms with Gasteiger partial charge in [-0.2, -0.15) is 0 Å². The number of primary amides is 1. The van der Waals surface area contributed by atoms with Gasteiger partial charge in [0.05, 0.1) is 6.61 Å². The summed E-state index contributed by atoms with van der Waals surface area (Å²) in [6.45, 7) is 0.602. The summed E-state index contributed by atoms with van der Waals surface area (Å²) in [6, 6.07) is 7.98. The number of hydrogen-bond donors (Lipinski definition) is 1. The number of methoxy groups -OCH3 is 1. The van der Waals surface area contributed by atoms with Crippen molar-refractivity contribution in [3.63, 3.8) is 0 Å². The van der Waals surface area contributed by atoms with Crippen LogP contribution in [0, 0.1) is 0 Å². The van der Waals surface area contributed by atoms with Gasteiger partial charge < -0.3 is 10.5 Å². The summed E-state index contributed by atoms with van der Waals surface area (Å²) in [5.74, 6) is -0.262. The van der Waals surface area contributed by atoms with Crippen molar-refractivity contribution in [1.82, 2.24) is 0 Å². The Bertz CT molecular complexity index is 310. The van der Waals surface area contributed by atoms with Crippen LogP contribution in [0.1, 0.15) is 17.5 Å². The fraction of sp³-hybridized carbons (Fsp3) is 0.364. The van der Waals surface area contributed by atoms with Crippen LogP contribution in [0.5, 0.6) is 0 Å². The Morgan fingerprint density at radius 2 is 2.14 bits per heavy atom. The summed E-state index contributed by atoms with van der Waals surface area (Å²) in [5.41, 5.74) is 7.32. The van der Waals surface area contributed by atoms with E-state index in [1.807, 2.05) is 24.3 Å². The molecule has 0 unspecified atom stereocenters. The average Bonchev–Trinajstić information content (AvgIpc) is 2.16. The number of ether oxygens (including phenoxy) is 1. The van der Waals surface area contributed by atoms with Gasteiger partial charge >= 0.3 is 0 Å². The smallest absolute Gasteiger partial charge is 0.217 e. The van der Waals surface area contributed by atoms with Crippen molar-refractivity contribution >= 4 is 5.91 Å². The van der Waals surface area contributed by atoms with Crippen molar-refractivity contribution in [2.45, 2.75) is 19.4 Å². The molecule has 1 aromatic carbocycles. The number of nitrogens with two attached hydrogens (primary N) is 1. The van der Waals surface area contributed by atoms with E-state index >= 15 is 0 Å². The van der Waals surface area contributed by atoms with Crippen molar-refractivity contribution in [3.05, 3.63) is 35.4 Å². The van der Waals surface area contributed by atoms with E-state index in [4.69, 9.17) is 10.5 Å². The molecule has 3 heteroatoms. The second-order valence-electron chi connectivity index (χ2n) is 3.22. The summed E-state index contributed by atoms with van der Waals surface area (Å²) in [6.07, 6.45) is 1.10. The van der Waals surface area contributed by atoms with Gasteiger partial charge in [-0.15, -0.1) is 0 Å². The summed E-state index contributed by atoms with van der Waals surface area (Å²) >= 11 is 0. The van der Waals surface area contributed by atoms with Crippen LogP contribution in [-0.4, -0.2) is 13.0 Å². The molecule has 0 aliphatic rings. The van der Waals surface area contributed by atoms with Gasteiger partial charge in [0.1, 0.15) is 0 Å². The first-order valence-electron chi connectivity index (χ1n) is 4.57. The summed E-state index contributed by atoms with van der Waals surface area (Å²) in [7, 11) is 1.66. The minimum absolute atomic E-state index is 0.262. The molecule has 1 amide bonds. The van der Waals surface area contributed by atoms with E-state index in [9.17, 15) is 4.79 Å². The highest BCUT2D eigenvalue weighted by molar-refractivity contribution is 5.73. The maximum Gasteiger partial charge on any atom is 0.217 e. The van der Waals surface area contributed by atoms with E-state index in [0.29, 0.717) is 19.4 Å². The number of carbonyl (C=O) groups excluding carboxylic acids is 1. The van der Waals surface area contributed by atoms with E-state index in [-0.39, 0.29) is 5.91 Å². The first-order valence-corrected chi connectivity index (χ1v) is 4.57. The lowest BCUT2D eigenvalue weighted by Crippen LogP contribution is -2.11. The minimum atomic E-state index is -0.262. The SMILES string of the molecule is COCc1cccc(CCC(N)=O)c1. The molecular weight excluding hydrogens is 178 g/mol. The van der Waals surface area contributed by atoms with Crippen molar-refractivity contribution in [2.75, 3.05) is 7.11 Å². The van der Waals surface area contributed by atoms with Crippen LogP contribution in [0.25, 0.3) is 0 Å². The van der Waals surface area contributed by atoms with E-state index in [1.165, 1.54) is 0 Å². The summed E-state index contributed by atoms with van der Waals surface area (Å²) < 4.78 is 5.02. The topological polar surface area (TPSA) is 52.3 Å². The molecule has 0 saturated carbocycles. The van der Waals surface area contributed by atoms with Crippen molar-refractivity contribution in [1.29, 1.82) is 0 Å². The van der Waals surface area contributed by atoms with Gasteiger partial charge in [0, 0.05) is 13.5 Å². The second kappa shape index (κ2) is 5.40. The lowest BCUT2D eigenvalue weighted by Gasteiger charge is -2.03. The van der Waals surface area contributed by atoms with Gasteiger partial charge in [-0.25, -0.2) is 0 Å². The molecule has 0 heterocycles. The summed E-state index contributed by atoms with van der Waals surface area (Å²) in [4.78, 5) is 10.6. The Kier molecular flexibility index (Phi) is 4.13. The quantitative estimate of drug-likeness (QED) is 0.765. The lowest BCUT2D eigenvalue weighted by molar-refractivity contribution is -0.117. The van der Waals surface area contributed by atoms with E-state index in [0.717, 1.165) is 11.1 Å². The van der Waals surface area contributed by atoms with Crippen LogP contribution < -0.4 is 5.73 Å². The molecule has 0 bridgehead atoms. The Labute approximate surface area is 83.9 Å². The van der Waals surface area contributed by atoms with Crippen LogP contribution in [0.4, 0.5) is 0 Å². The third-order valence-electron chi connectivity index (χ3n) is 1.96. The first kappa shape index (κ1) is 10.7. The average molecular weight is 193 g/mol. The van der Waals surface area contributed by atoms with Crippen molar-refractivity contribution < 1.29 is 9.53 Å². The standard InChI is InChI=1S/C11H15NO2/c1-14-8-10-4-2-3-9(7-10)5-6-11(12)13/h2-4,7H,5-6,8H2,1H3,(H2,12,13). The fourth-order valence-electron chi connectivity index (χ4n) is 1.31. The molecule has 0 spiro atoms. The van der Waals surface area contributed by atoms with Crippen LogP contribution >= 0.6 is 0 Å². The molecule has 0 saturated heterocycles. The molecule has 0 aliphatic carbocycles. The molecule has 0 atom stereocenters. The number of hydrogen-bond acceptors (Lipinski definition) is 2. The number of carbonyl (C=O) groups is 1. The normalized spacial score (nSPS) is 10.1. The molecule has 0 fully saturated rings. The largest absolute Gasteiger partial charge is 0.380 e. The number of benzene rings is 1. The molecule has 0 aromatic heterocycles. The zero-order valence-corrected chi connectivity index (χ0v) is 8.32. The van der Waals surface area contributed by atoms with Crippen LogP contribution in [0.3, 0.4) is 0 Å². The van der Waals surface area contributed by atoms with Gasteiger partial charge in [-0.05, 0) is 17.5 Å². The van der Waals surface area contributed by atoms with Crippen LogP contribution in [0.2, 0.25) is 0 Å². The zero-order chi connectivity index (χ0) is 10.4. The van der Waals surface area contributed by atoms with E-state index in [2.05, 4.69) is 0 Å². The molecule has 1 aromatic rings. The highest BCUT2D eigenvalue weighted by Gasteiger charge is 1.98. The predicted molar refractivity (Wildman–Crippen MR) is 54.7 cm³/mol. The number of aryl methyl sites for hydroxylation is 1. The first-order chi connectivity index (χ1) is 6.72. The monoisotopic (exact) mass is 193 g/mol. The van der Waals surface area contributed by atoms with Crippen LogP contribution in [-0.2, 0) is 22.6 Å². The molecule has 1 rings (SSSR count).